The van der Waals surface area contributed by atoms with E-state index in [1.165, 1.54) is 42.9 Å². The van der Waals surface area contributed by atoms with Gasteiger partial charge in [-0.15, -0.1) is 11.3 Å². The second kappa shape index (κ2) is 8.78. The molecule has 0 aromatic carbocycles. The molecule has 2 saturated heterocycles. The van der Waals surface area contributed by atoms with Crippen LogP contribution < -0.4 is 15.5 Å². The summed E-state index contributed by atoms with van der Waals surface area (Å²) in [4.78, 5) is 14.7. The Morgan fingerprint density at radius 1 is 1.33 bits per heavy atom. The van der Waals surface area contributed by atoms with E-state index in [4.69, 9.17) is 9.98 Å². The van der Waals surface area contributed by atoms with Crippen LogP contribution in [0.4, 0.5) is 5.13 Å². The van der Waals surface area contributed by atoms with Crippen molar-refractivity contribution >= 4 is 22.4 Å². The van der Waals surface area contributed by atoms with Gasteiger partial charge in [-0.25, -0.2) is 4.98 Å². The largest absolute Gasteiger partial charge is 0.357 e. The summed E-state index contributed by atoms with van der Waals surface area (Å²) in [5.41, 5.74) is 1.18. The molecule has 4 rings (SSSR count). The SMILES string of the molecule is CCNC(=NCCc1csc(N2CCCC2)n1)NC1CC(C)N(C2CC2)C1. The van der Waals surface area contributed by atoms with Gasteiger partial charge >= 0.3 is 0 Å². The van der Waals surface area contributed by atoms with Gasteiger partial charge in [0.2, 0.25) is 0 Å². The van der Waals surface area contributed by atoms with Gasteiger partial charge in [0.05, 0.1) is 5.69 Å². The van der Waals surface area contributed by atoms with Crippen molar-refractivity contribution in [1.29, 1.82) is 0 Å². The lowest BCUT2D eigenvalue weighted by Gasteiger charge is -2.20. The van der Waals surface area contributed by atoms with Crippen LogP contribution in [0, 0.1) is 0 Å². The van der Waals surface area contributed by atoms with E-state index in [0.29, 0.717) is 12.1 Å². The van der Waals surface area contributed by atoms with E-state index in [1.807, 2.05) is 0 Å². The Balaban J connectivity index is 1.27. The van der Waals surface area contributed by atoms with Crippen molar-refractivity contribution < 1.29 is 0 Å². The fourth-order valence-corrected chi connectivity index (χ4v) is 5.25. The number of rotatable bonds is 7. The summed E-state index contributed by atoms with van der Waals surface area (Å²) in [5, 5.41) is 10.5. The van der Waals surface area contributed by atoms with Crippen molar-refractivity contribution in [3.8, 4) is 0 Å². The van der Waals surface area contributed by atoms with Gasteiger partial charge in [-0.2, -0.15) is 0 Å². The second-order valence-corrected chi connectivity index (χ2v) is 9.02. The molecule has 0 radical (unpaired) electrons. The summed E-state index contributed by atoms with van der Waals surface area (Å²) in [5.74, 6) is 0.961. The second-order valence-electron chi connectivity index (χ2n) is 8.18. The van der Waals surface area contributed by atoms with Crippen LogP contribution in [0.25, 0.3) is 0 Å². The van der Waals surface area contributed by atoms with Crippen LogP contribution in [-0.2, 0) is 6.42 Å². The van der Waals surface area contributed by atoms with Gasteiger partial charge in [0.15, 0.2) is 11.1 Å². The van der Waals surface area contributed by atoms with Gasteiger partial charge in [-0.1, -0.05) is 0 Å². The molecule has 0 bridgehead atoms. The van der Waals surface area contributed by atoms with Crippen LogP contribution in [0.5, 0.6) is 0 Å². The molecular formula is C20H34N6S. The molecule has 2 N–H and O–H groups in total. The average Bonchev–Trinajstić information content (AvgIpc) is 3.04. The van der Waals surface area contributed by atoms with Gasteiger partial charge in [-0.3, -0.25) is 9.89 Å². The van der Waals surface area contributed by atoms with Gasteiger partial charge in [0.1, 0.15) is 0 Å². The van der Waals surface area contributed by atoms with Crippen molar-refractivity contribution in [2.45, 2.75) is 70.5 Å². The Bertz CT molecular complexity index is 634. The number of thiazole rings is 1. The summed E-state index contributed by atoms with van der Waals surface area (Å²) in [6.07, 6.45) is 7.50. The van der Waals surface area contributed by atoms with Gasteiger partial charge in [0, 0.05) is 62.7 Å². The smallest absolute Gasteiger partial charge is 0.191 e. The monoisotopic (exact) mass is 390 g/mol. The Hall–Kier alpha value is -1.34. The molecule has 2 unspecified atom stereocenters. The predicted molar refractivity (Wildman–Crippen MR) is 114 cm³/mol. The highest BCUT2D eigenvalue weighted by Crippen LogP contribution is 2.33. The van der Waals surface area contributed by atoms with E-state index < -0.39 is 0 Å². The van der Waals surface area contributed by atoms with Crippen molar-refractivity contribution in [3.63, 3.8) is 0 Å². The van der Waals surface area contributed by atoms with Gasteiger partial charge in [-0.05, 0) is 46.0 Å². The molecular weight excluding hydrogens is 356 g/mol. The maximum absolute atomic E-state index is 4.82. The summed E-state index contributed by atoms with van der Waals surface area (Å²) >= 11 is 1.78. The molecule has 1 saturated carbocycles. The molecule has 7 heteroatoms. The minimum absolute atomic E-state index is 0.513. The summed E-state index contributed by atoms with van der Waals surface area (Å²) in [7, 11) is 0. The van der Waals surface area contributed by atoms with Crippen LogP contribution in [0.1, 0.15) is 51.6 Å². The number of hydrogen-bond donors (Lipinski definition) is 2. The lowest BCUT2D eigenvalue weighted by molar-refractivity contribution is 0.256. The molecule has 2 aliphatic heterocycles. The standard InChI is InChI=1S/C20H34N6S/c1-3-21-19(23-17-12-15(2)26(13-17)18-6-7-18)22-9-8-16-14-27-20(24-16)25-10-4-5-11-25/h14-15,17-18H,3-13H2,1-2H3,(H2,21,22,23). The summed E-state index contributed by atoms with van der Waals surface area (Å²) < 4.78 is 0. The number of likely N-dealkylation sites (tertiary alicyclic amines) is 1. The molecule has 6 nitrogen and oxygen atoms in total. The first-order valence-electron chi connectivity index (χ1n) is 10.7. The number of nitrogens with one attached hydrogen (secondary N) is 2. The van der Waals surface area contributed by atoms with Gasteiger partial charge < -0.3 is 15.5 Å². The lowest BCUT2D eigenvalue weighted by atomic mass is 10.2. The minimum atomic E-state index is 0.513. The number of guanidine groups is 1. The maximum Gasteiger partial charge on any atom is 0.191 e. The highest BCUT2D eigenvalue weighted by atomic mass is 32.1. The topological polar surface area (TPSA) is 55.8 Å². The van der Waals surface area contributed by atoms with Crippen molar-refractivity contribution in [2.24, 2.45) is 4.99 Å². The molecule has 1 aliphatic carbocycles. The third-order valence-corrected chi connectivity index (χ3v) is 6.83. The molecule has 1 aromatic heterocycles. The average molecular weight is 391 g/mol. The van der Waals surface area contributed by atoms with Crippen LogP contribution in [0.15, 0.2) is 10.4 Å². The zero-order valence-corrected chi connectivity index (χ0v) is 17.6. The number of nitrogens with zero attached hydrogens (tertiary/aromatic N) is 4. The van der Waals surface area contributed by atoms with E-state index in [9.17, 15) is 0 Å². The molecule has 150 valence electrons. The first-order valence-corrected chi connectivity index (χ1v) is 11.6. The van der Waals surface area contributed by atoms with Crippen molar-refractivity contribution in [2.75, 3.05) is 37.6 Å². The molecule has 2 atom stereocenters. The Kier molecular flexibility index (Phi) is 6.18. The Morgan fingerprint density at radius 3 is 2.89 bits per heavy atom. The molecule has 3 heterocycles. The normalized spacial score (nSPS) is 26.7. The fraction of sp³-hybridized carbons (Fsp3) is 0.800. The summed E-state index contributed by atoms with van der Waals surface area (Å²) in [6.45, 7) is 9.66. The Labute approximate surface area is 167 Å². The fourth-order valence-electron chi connectivity index (χ4n) is 4.34. The van der Waals surface area contributed by atoms with Crippen LogP contribution in [-0.4, -0.2) is 66.7 Å². The van der Waals surface area contributed by atoms with Crippen LogP contribution in [0.3, 0.4) is 0 Å². The van der Waals surface area contributed by atoms with E-state index in [0.717, 1.165) is 51.1 Å². The maximum atomic E-state index is 4.82. The zero-order chi connectivity index (χ0) is 18.6. The first-order chi connectivity index (χ1) is 13.2. The third kappa shape index (κ3) is 4.93. The lowest BCUT2D eigenvalue weighted by Crippen LogP contribution is -2.44. The molecule has 3 fully saturated rings. The van der Waals surface area contributed by atoms with Gasteiger partial charge in [0.25, 0.3) is 0 Å². The van der Waals surface area contributed by atoms with E-state index in [2.05, 4.69) is 39.7 Å². The minimum Gasteiger partial charge on any atom is -0.357 e. The van der Waals surface area contributed by atoms with E-state index in [-0.39, 0.29) is 0 Å². The third-order valence-electron chi connectivity index (χ3n) is 5.88. The number of aromatic nitrogens is 1. The number of aliphatic imine (C=N–C) groups is 1. The zero-order valence-electron chi connectivity index (χ0n) is 16.8. The molecule has 1 aromatic rings. The quantitative estimate of drug-likeness (QED) is 0.553. The predicted octanol–water partition coefficient (Wildman–Crippen LogP) is 2.47. The molecule has 3 aliphatic rings. The van der Waals surface area contributed by atoms with E-state index in [1.54, 1.807) is 11.3 Å². The molecule has 0 spiro atoms. The number of anilines is 1. The summed E-state index contributed by atoms with van der Waals surface area (Å²) in [6, 6.07) is 2.05. The molecule has 27 heavy (non-hydrogen) atoms. The van der Waals surface area contributed by atoms with Crippen LogP contribution in [0.2, 0.25) is 0 Å². The molecule has 0 amide bonds. The van der Waals surface area contributed by atoms with Crippen LogP contribution >= 0.6 is 11.3 Å². The Morgan fingerprint density at radius 2 is 2.15 bits per heavy atom. The van der Waals surface area contributed by atoms with Crippen molar-refractivity contribution in [3.05, 3.63) is 11.1 Å². The van der Waals surface area contributed by atoms with E-state index >= 15 is 0 Å². The highest BCUT2D eigenvalue weighted by molar-refractivity contribution is 7.13. The van der Waals surface area contributed by atoms with Crippen molar-refractivity contribution in [1.82, 2.24) is 20.5 Å². The number of hydrogen-bond acceptors (Lipinski definition) is 5. The first kappa shape index (κ1) is 19.0. The highest BCUT2D eigenvalue weighted by Gasteiger charge is 2.38.